The van der Waals surface area contributed by atoms with Crippen LogP contribution in [0.25, 0.3) is 33.7 Å². The zero-order valence-corrected chi connectivity index (χ0v) is 26.4. The molecule has 2 fully saturated rings. The van der Waals surface area contributed by atoms with Gasteiger partial charge in [0.25, 0.3) is 0 Å². The maximum absolute atomic E-state index is 10.2. The van der Waals surface area contributed by atoms with E-state index in [2.05, 4.69) is 40.6 Å². The van der Waals surface area contributed by atoms with Crippen molar-refractivity contribution in [2.24, 2.45) is 0 Å². The first-order chi connectivity index (χ1) is 19.7. The van der Waals surface area contributed by atoms with Gasteiger partial charge >= 0.3 is 6.01 Å². The van der Waals surface area contributed by atoms with Gasteiger partial charge in [-0.25, -0.2) is 4.98 Å². The highest BCUT2D eigenvalue weighted by molar-refractivity contribution is 9.10. The van der Waals surface area contributed by atoms with Gasteiger partial charge < -0.3 is 24.1 Å². The monoisotopic (exact) mass is 658 g/mol. The van der Waals surface area contributed by atoms with Crippen LogP contribution >= 0.6 is 27.5 Å². The van der Waals surface area contributed by atoms with Crippen LogP contribution in [0.2, 0.25) is 30.7 Å². The molecule has 0 aliphatic carbocycles. The summed E-state index contributed by atoms with van der Waals surface area (Å²) in [6.45, 7) is 8.33. The Morgan fingerprint density at radius 1 is 1.05 bits per heavy atom. The van der Waals surface area contributed by atoms with E-state index in [1.807, 2.05) is 41.0 Å². The first kappa shape index (κ1) is 28.7. The predicted molar refractivity (Wildman–Crippen MR) is 163 cm³/mol. The van der Waals surface area contributed by atoms with Crippen LogP contribution in [0, 0.1) is 0 Å². The molecule has 1 N–H and O–H groups in total. The molecular weight excluding hydrogens is 628 g/mol. The first-order valence-electron chi connectivity index (χ1n) is 13.6. The summed E-state index contributed by atoms with van der Waals surface area (Å²) in [5.74, 6) is 0. The minimum Gasteiger partial charge on any atom is -0.456 e. The van der Waals surface area contributed by atoms with Crippen molar-refractivity contribution in [2.75, 3.05) is 19.8 Å². The van der Waals surface area contributed by atoms with Gasteiger partial charge in [0.05, 0.1) is 29.6 Å². The van der Waals surface area contributed by atoms with Gasteiger partial charge in [0, 0.05) is 36.5 Å². The summed E-state index contributed by atoms with van der Waals surface area (Å²) in [5, 5.41) is 10.6. The van der Waals surface area contributed by atoms with E-state index in [0.717, 1.165) is 27.3 Å². The van der Waals surface area contributed by atoms with Gasteiger partial charge in [-0.3, -0.25) is 9.55 Å². The van der Waals surface area contributed by atoms with E-state index < -0.39 is 26.4 Å². The number of rotatable bonds is 9. The maximum Gasteiger partial charge on any atom is 0.301 e. The fourth-order valence-electron chi connectivity index (χ4n) is 4.97. The SMILES string of the molecule is C[Si](C)(C)CCOCn1c(O[C@@H]2CO[C@H]3[C@@H]2OC[C@H]3O)nc2cc(Cl)c(-c3ccc(-c4ccc(Br)cn4)cc3)nc21. The molecule has 4 atom stereocenters. The topological polar surface area (TPSA) is 101 Å². The lowest BCUT2D eigenvalue weighted by molar-refractivity contribution is 0.00336. The number of aliphatic hydroxyl groups excluding tert-OH is 1. The Labute approximate surface area is 252 Å². The fraction of sp³-hybridized carbons (Fsp3) is 0.414. The molecule has 216 valence electrons. The van der Waals surface area contributed by atoms with E-state index in [0.29, 0.717) is 41.1 Å². The highest BCUT2D eigenvalue weighted by Crippen LogP contribution is 2.34. The summed E-state index contributed by atoms with van der Waals surface area (Å²) < 4.78 is 26.7. The van der Waals surface area contributed by atoms with Crippen molar-refractivity contribution in [2.45, 2.75) is 56.8 Å². The normalized spacial score (nSPS) is 22.4. The molecular formula is C29H32BrClN4O5Si. The summed E-state index contributed by atoms with van der Waals surface area (Å²) in [7, 11) is -1.27. The lowest BCUT2D eigenvalue weighted by Crippen LogP contribution is -2.35. The van der Waals surface area contributed by atoms with Gasteiger partial charge in [-0.1, -0.05) is 55.5 Å². The molecule has 5 heterocycles. The van der Waals surface area contributed by atoms with Crippen LogP contribution in [0.1, 0.15) is 0 Å². The second-order valence-corrected chi connectivity index (χ2v) is 18.5. The van der Waals surface area contributed by atoms with E-state index in [9.17, 15) is 5.11 Å². The minimum atomic E-state index is -1.27. The highest BCUT2D eigenvalue weighted by Gasteiger charge is 2.49. The van der Waals surface area contributed by atoms with Crippen LogP contribution in [0.4, 0.5) is 0 Å². The van der Waals surface area contributed by atoms with Crippen molar-refractivity contribution in [3.63, 3.8) is 0 Å². The standard InChI is InChI=1S/C29H32BrClN4O5Si/c1-41(2,3)11-10-37-16-35-28-22(33-29(35)40-24-15-39-26-23(36)14-38-27(24)26)12-20(31)25(34-28)18-6-4-17(5-7-18)21-9-8-19(30)13-32-21/h4-9,12-13,23-24,26-27,36H,10-11,14-16H2,1-3H3/t23-,24-,26-,27-/m1/s1. The molecule has 6 rings (SSSR count). The smallest absolute Gasteiger partial charge is 0.301 e. The maximum atomic E-state index is 10.2. The van der Waals surface area contributed by atoms with E-state index in [1.54, 1.807) is 12.3 Å². The van der Waals surface area contributed by atoms with Crippen molar-refractivity contribution in [1.82, 2.24) is 19.5 Å². The highest BCUT2D eigenvalue weighted by atomic mass is 79.9. The van der Waals surface area contributed by atoms with Crippen LogP contribution in [0.5, 0.6) is 6.01 Å². The number of hydrogen-bond acceptors (Lipinski definition) is 8. The van der Waals surface area contributed by atoms with Gasteiger partial charge in [-0.05, 0) is 40.2 Å². The molecule has 0 amide bonds. The molecule has 0 saturated carbocycles. The van der Waals surface area contributed by atoms with Crippen molar-refractivity contribution >= 4 is 46.8 Å². The molecule has 2 aliphatic rings. The molecule has 2 aliphatic heterocycles. The van der Waals surface area contributed by atoms with E-state index in [1.165, 1.54) is 0 Å². The third-order valence-corrected chi connectivity index (χ3v) is 9.74. The number of hydrogen-bond donors (Lipinski definition) is 1. The average Bonchev–Trinajstić information content (AvgIpc) is 3.61. The second kappa shape index (κ2) is 11.7. The Bertz CT molecular complexity index is 1530. The molecule has 0 spiro atoms. The summed E-state index contributed by atoms with van der Waals surface area (Å²) in [6, 6.07) is 15.1. The fourth-order valence-corrected chi connectivity index (χ4v) is 6.22. The van der Waals surface area contributed by atoms with E-state index >= 15 is 0 Å². The number of benzene rings is 1. The molecule has 9 nitrogen and oxygen atoms in total. The molecule has 41 heavy (non-hydrogen) atoms. The number of nitrogens with zero attached hydrogens (tertiary/aromatic N) is 4. The van der Waals surface area contributed by atoms with Crippen molar-refractivity contribution < 1.29 is 24.1 Å². The van der Waals surface area contributed by atoms with Gasteiger partial charge in [-0.15, -0.1) is 0 Å². The lowest BCUT2D eigenvalue weighted by Gasteiger charge is -2.19. The van der Waals surface area contributed by atoms with Crippen LogP contribution in [-0.2, 0) is 20.9 Å². The Morgan fingerprint density at radius 3 is 2.54 bits per heavy atom. The van der Waals surface area contributed by atoms with Crippen LogP contribution in [0.15, 0.2) is 53.1 Å². The molecule has 0 radical (unpaired) electrons. The van der Waals surface area contributed by atoms with Crippen molar-refractivity contribution in [3.05, 3.63) is 58.2 Å². The Morgan fingerprint density at radius 2 is 1.80 bits per heavy atom. The van der Waals surface area contributed by atoms with Gasteiger partial charge in [0.2, 0.25) is 0 Å². The summed E-state index contributed by atoms with van der Waals surface area (Å²) >= 11 is 10.2. The predicted octanol–water partition coefficient (Wildman–Crippen LogP) is 5.79. The lowest BCUT2D eigenvalue weighted by atomic mass is 10.1. The number of aromatic nitrogens is 4. The van der Waals surface area contributed by atoms with E-state index in [4.69, 9.17) is 40.5 Å². The number of pyridine rings is 2. The number of halogens is 2. The van der Waals surface area contributed by atoms with Crippen LogP contribution < -0.4 is 4.74 Å². The number of aliphatic hydroxyl groups is 1. The molecule has 12 heteroatoms. The van der Waals surface area contributed by atoms with Gasteiger partial charge in [0.15, 0.2) is 11.8 Å². The summed E-state index contributed by atoms with van der Waals surface area (Å²) in [6.07, 6.45) is -0.0609. The Balaban J connectivity index is 1.31. The number of imidazole rings is 1. The largest absolute Gasteiger partial charge is 0.456 e. The van der Waals surface area contributed by atoms with Crippen molar-refractivity contribution in [1.29, 1.82) is 0 Å². The Hall–Kier alpha value is -2.38. The van der Waals surface area contributed by atoms with E-state index in [-0.39, 0.29) is 19.4 Å². The molecule has 2 saturated heterocycles. The van der Waals surface area contributed by atoms with Crippen LogP contribution in [-0.4, -0.2) is 76.9 Å². The van der Waals surface area contributed by atoms with Crippen molar-refractivity contribution in [3.8, 4) is 28.5 Å². The number of fused-ring (bicyclic) bond motifs is 2. The minimum absolute atomic E-state index is 0.225. The van der Waals surface area contributed by atoms with Gasteiger partial charge in [0.1, 0.15) is 30.6 Å². The Kier molecular flexibility index (Phi) is 8.21. The summed E-state index contributed by atoms with van der Waals surface area (Å²) in [4.78, 5) is 14.2. The third-order valence-electron chi connectivity index (χ3n) is 7.28. The van der Waals surface area contributed by atoms with Crippen LogP contribution in [0.3, 0.4) is 0 Å². The molecule has 1 aromatic carbocycles. The zero-order valence-electron chi connectivity index (χ0n) is 23.1. The molecule has 0 unspecified atom stereocenters. The first-order valence-corrected chi connectivity index (χ1v) is 18.5. The molecule has 3 aromatic heterocycles. The zero-order chi connectivity index (χ0) is 28.7. The molecule has 4 aromatic rings. The quantitative estimate of drug-likeness (QED) is 0.178. The second-order valence-electron chi connectivity index (χ2n) is 11.6. The average molecular weight is 660 g/mol. The summed E-state index contributed by atoms with van der Waals surface area (Å²) in [5.41, 5.74) is 4.58. The number of ether oxygens (including phenoxy) is 4. The molecule has 0 bridgehead atoms. The third kappa shape index (κ3) is 6.22. The van der Waals surface area contributed by atoms with Gasteiger partial charge in [-0.2, -0.15) is 4.98 Å².